The van der Waals surface area contributed by atoms with Crippen LogP contribution in [-0.2, 0) is 16.0 Å². The molecule has 1 fully saturated rings. The van der Waals surface area contributed by atoms with Crippen LogP contribution in [0.2, 0.25) is 0 Å². The molecule has 24 heavy (non-hydrogen) atoms. The topological polar surface area (TPSA) is 67.6 Å². The first-order valence-electron chi connectivity index (χ1n) is 8.88. The van der Waals surface area contributed by atoms with E-state index in [4.69, 9.17) is 10.5 Å². The Labute approximate surface area is 145 Å². The highest BCUT2D eigenvalue weighted by Gasteiger charge is 2.31. The Kier molecular flexibility index (Phi) is 7.69. The van der Waals surface area contributed by atoms with Gasteiger partial charge in [-0.25, -0.2) is 0 Å². The molecule has 0 aliphatic heterocycles. The first-order chi connectivity index (χ1) is 11.6. The van der Waals surface area contributed by atoms with Gasteiger partial charge in [-0.3, -0.25) is 4.79 Å². The van der Waals surface area contributed by atoms with E-state index in [2.05, 4.69) is 41.5 Å². The van der Waals surface area contributed by atoms with Crippen LogP contribution < -0.4 is 11.1 Å². The third-order valence-corrected chi connectivity index (χ3v) is 4.93. The lowest BCUT2D eigenvalue weighted by atomic mass is 9.83. The molecule has 5 heteroatoms. The number of methoxy groups -OCH3 is 1. The summed E-state index contributed by atoms with van der Waals surface area (Å²) < 4.78 is 5.39. The van der Waals surface area contributed by atoms with E-state index >= 15 is 0 Å². The number of carbonyl (C=O) groups excluding carboxylic acids is 1. The zero-order valence-electron chi connectivity index (χ0n) is 14.9. The third-order valence-electron chi connectivity index (χ3n) is 4.93. The zero-order valence-corrected chi connectivity index (χ0v) is 14.9. The molecule has 0 spiro atoms. The number of nitrogens with one attached hydrogen (secondary N) is 1. The quantitative estimate of drug-likeness (QED) is 0.755. The first kappa shape index (κ1) is 18.9. The van der Waals surface area contributed by atoms with E-state index in [1.165, 1.54) is 5.56 Å². The molecular formula is C19H31N3O2. The van der Waals surface area contributed by atoms with Gasteiger partial charge in [-0.1, -0.05) is 30.3 Å². The van der Waals surface area contributed by atoms with E-state index in [9.17, 15) is 4.79 Å². The molecule has 3 N–H and O–H groups in total. The molecule has 3 atom stereocenters. The summed E-state index contributed by atoms with van der Waals surface area (Å²) in [6.45, 7) is 2.53. The summed E-state index contributed by atoms with van der Waals surface area (Å²) >= 11 is 0. The lowest BCUT2D eigenvalue weighted by Crippen LogP contribution is -2.46. The van der Waals surface area contributed by atoms with E-state index < -0.39 is 0 Å². The molecule has 5 nitrogen and oxygen atoms in total. The van der Waals surface area contributed by atoms with E-state index in [0.29, 0.717) is 6.54 Å². The zero-order chi connectivity index (χ0) is 17.4. The van der Waals surface area contributed by atoms with E-state index in [-0.39, 0.29) is 24.0 Å². The third kappa shape index (κ3) is 5.89. The van der Waals surface area contributed by atoms with Crippen molar-refractivity contribution in [3.8, 4) is 0 Å². The fourth-order valence-corrected chi connectivity index (χ4v) is 3.25. The van der Waals surface area contributed by atoms with Crippen molar-refractivity contribution in [3.63, 3.8) is 0 Å². The van der Waals surface area contributed by atoms with Crippen molar-refractivity contribution in [2.45, 2.75) is 37.8 Å². The maximum atomic E-state index is 12.3. The SMILES string of the molecule is CO[C@@H]1C[C@@H](C(=O)NCCN(C)CCc2ccccc2)CC[C@H]1N. The average Bonchev–Trinajstić information content (AvgIpc) is 2.61. The van der Waals surface area contributed by atoms with Crippen molar-refractivity contribution in [1.29, 1.82) is 0 Å². The monoisotopic (exact) mass is 333 g/mol. The van der Waals surface area contributed by atoms with Crippen LogP contribution in [0.15, 0.2) is 30.3 Å². The Morgan fingerprint density at radius 1 is 1.29 bits per heavy atom. The highest BCUT2D eigenvalue weighted by atomic mass is 16.5. The van der Waals surface area contributed by atoms with Crippen molar-refractivity contribution < 1.29 is 9.53 Å². The number of amides is 1. The number of rotatable bonds is 8. The summed E-state index contributed by atoms with van der Waals surface area (Å²) in [5.74, 6) is 0.171. The highest BCUT2D eigenvalue weighted by molar-refractivity contribution is 5.78. The standard InChI is InChI=1S/C19H31N3O2/c1-22(12-10-15-6-4-3-5-7-15)13-11-21-19(23)16-8-9-17(20)18(14-16)24-2/h3-7,16-18H,8-14,20H2,1-2H3,(H,21,23)/t16-,17+,18+/m0/s1. The van der Waals surface area contributed by atoms with Crippen LogP contribution in [0.1, 0.15) is 24.8 Å². The molecule has 0 aromatic heterocycles. The van der Waals surface area contributed by atoms with E-state index in [1.807, 2.05) is 6.07 Å². The number of benzene rings is 1. The second-order valence-electron chi connectivity index (χ2n) is 6.78. The molecule has 0 heterocycles. The molecule has 1 aliphatic rings. The smallest absolute Gasteiger partial charge is 0.223 e. The van der Waals surface area contributed by atoms with Crippen molar-refractivity contribution in [3.05, 3.63) is 35.9 Å². The summed E-state index contributed by atoms with van der Waals surface area (Å²) in [5, 5.41) is 3.06. The molecule has 0 saturated heterocycles. The molecule has 1 amide bonds. The van der Waals surface area contributed by atoms with Gasteiger partial charge < -0.3 is 20.7 Å². The lowest BCUT2D eigenvalue weighted by Gasteiger charge is -2.32. The Hall–Kier alpha value is -1.43. The summed E-state index contributed by atoms with van der Waals surface area (Å²) in [6.07, 6.45) is 3.47. The van der Waals surface area contributed by atoms with Crippen LogP contribution in [0, 0.1) is 5.92 Å². The van der Waals surface area contributed by atoms with Crippen molar-refractivity contribution in [1.82, 2.24) is 10.2 Å². The minimum atomic E-state index is 0.00282. The molecule has 1 aromatic carbocycles. The van der Waals surface area contributed by atoms with Gasteiger partial charge in [0.1, 0.15) is 0 Å². The second-order valence-corrected chi connectivity index (χ2v) is 6.78. The van der Waals surface area contributed by atoms with E-state index in [1.54, 1.807) is 7.11 Å². The fourth-order valence-electron chi connectivity index (χ4n) is 3.25. The van der Waals surface area contributed by atoms with Gasteiger partial charge in [0, 0.05) is 38.7 Å². The summed E-state index contributed by atoms with van der Waals surface area (Å²) in [5.41, 5.74) is 7.35. The summed E-state index contributed by atoms with van der Waals surface area (Å²) in [6, 6.07) is 10.5. The molecule has 1 aromatic rings. The molecule has 0 radical (unpaired) electrons. The maximum absolute atomic E-state index is 12.3. The Morgan fingerprint density at radius 3 is 2.75 bits per heavy atom. The summed E-state index contributed by atoms with van der Waals surface area (Å²) in [4.78, 5) is 14.6. The highest BCUT2D eigenvalue weighted by Crippen LogP contribution is 2.25. The average molecular weight is 333 g/mol. The number of ether oxygens (including phenoxy) is 1. The number of hydrogen-bond donors (Lipinski definition) is 2. The predicted octanol–water partition coefficient (Wildman–Crippen LogP) is 1.42. The van der Waals surface area contributed by atoms with Crippen LogP contribution in [0.4, 0.5) is 0 Å². The van der Waals surface area contributed by atoms with Crippen molar-refractivity contribution in [2.24, 2.45) is 11.7 Å². The van der Waals surface area contributed by atoms with Crippen LogP contribution in [0.25, 0.3) is 0 Å². The van der Waals surface area contributed by atoms with Gasteiger partial charge in [0.05, 0.1) is 6.10 Å². The normalized spacial score (nSPS) is 24.1. The second kappa shape index (κ2) is 9.77. The molecule has 0 unspecified atom stereocenters. The number of nitrogens with two attached hydrogens (primary N) is 1. The van der Waals surface area contributed by atoms with Gasteiger partial charge in [-0.05, 0) is 38.3 Å². The lowest BCUT2D eigenvalue weighted by molar-refractivity contribution is -0.127. The fraction of sp³-hybridized carbons (Fsp3) is 0.632. The van der Waals surface area contributed by atoms with Crippen molar-refractivity contribution >= 4 is 5.91 Å². The van der Waals surface area contributed by atoms with E-state index in [0.717, 1.165) is 38.8 Å². The van der Waals surface area contributed by atoms with Gasteiger partial charge >= 0.3 is 0 Å². The summed E-state index contributed by atoms with van der Waals surface area (Å²) in [7, 11) is 3.77. The largest absolute Gasteiger partial charge is 0.380 e. The van der Waals surface area contributed by atoms with Gasteiger partial charge in [-0.2, -0.15) is 0 Å². The molecule has 1 saturated carbocycles. The van der Waals surface area contributed by atoms with Crippen LogP contribution in [-0.4, -0.2) is 56.7 Å². The molecular weight excluding hydrogens is 302 g/mol. The van der Waals surface area contributed by atoms with Gasteiger partial charge in [-0.15, -0.1) is 0 Å². The minimum Gasteiger partial charge on any atom is -0.380 e. The number of carbonyl (C=O) groups is 1. The number of hydrogen-bond acceptors (Lipinski definition) is 4. The number of likely N-dealkylation sites (N-methyl/N-ethyl adjacent to an activating group) is 1. The van der Waals surface area contributed by atoms with Gasteiger partial charge in [0.2, 0.25) is 5.91 Å². The van der Waals surface area contributed by atoms with Crippen molar-refractivity contribution in [2.75, 3.05) is 33.8 Å². The number of nitrogens with zero attached hydrogens (tertiary/aromatic N) is 1. The molecule has 134 valence electrons. The van der Waals surface area contributed by atoms with Crippen LogP contribution >= 0.6 is 0 Å². The first-order valence-corrected chi connectivity index (χ1v) is 8.88. The Bertz CT molecular complexity index is 495. The van der Waals surface area contributed by atoms with Crippen LogP contribution in [0.5, 0.6) is 0 Å². The predicted molar refractivity (Wildman–Crippen MR) is 96.8 cm³/mol. The Balaban J connectivity index is 1.63. The van der Waals surface area contributed by atoms with Crippen LogP contribution in [0.3, 0.4) is 0 Å². The Morgan fingerprint density at radius 2 is 2.04 bits per heavy atom. The minimum absolute atomic E-state index is 0.00282. The van der Waals surface area contributed by atoms with Gasteiger partial charge in [0.15, 0.2) is 0 Å². The molecule has 1 aliphatic carbocycles. The van der Waals surface area contributed by atoms with Gasteiger partial charge in [0.25, 0.3) is 0 Å². The maximum Gasteiger partial charge on any atom is 0.223 e. The molecule has 2 rings (SSSR count). The molecule has 0 bridgehead atoms.